The fraction of sp³-hybridized carbons (Fsp3) is 0. The quantitative estimate of drug-likeness (QED) is 0.160. The van der Waals surface area contributed by atoms with Crippen molar-refractivity contribution in [1.29, 1.82) is 0 Å². The van der Waals surface area contributed by atoms with Crippen molar-refractivity contribution >= 4 is 32.7 Å². The molecule has 0 amide bonds. The Morgan fingerprint density at radius 3 is 1.86 bits per heavy atom. The zero-order valence-corrected chi connectivity index (χ0v) is 22.7. The lowest BCUT2D eigenvalue weighted by atomic mass is 9.98. The molecule has 202 valence electrons. The fourth-order valence-electron chi connectivity index (χ4n) is 5.42. The highest BCUT2D eigenvalue weighted by atomic mass is 19.1. The maximum atomic E-state index is 14.0. The number of benzene rings is 3. The van der Waals surface area contributed by atoms with Crippen molar-refractivity contribution in [3.05, 3.63) is 134 Å². The van der Waals surface area contributed by atoms with Crippen LogP contribution in [0.15, 0.2) is 128 Å². The molecule has 8 rings (SSSR count). The Kier molecular flexibility index (Phi) is 5.86. The Morgan fingerprint density at radius 1 is 0.442 bits per heavy atom. The molecule has 0 bridgehead atoms. The summed E-state index contributed by atoms with van der Waals surface area (Å²) in [6.07, 6.45) is 3.51. The topological polar surface area (TPSA) is 77.3 Å². The van der Waals surface area contributed by atoms with Crippen molar-refractivity contribution in [1.82, 2.24) is 29.9 Å². The standard InChI is InChI=1S/C36H21FN6/c37-31-19-17-25-15-14-24-16-18-28(40-32(24)33(25)41-31)23-12-10-22(11-13-23)26-6-5-7-27-34(26)42-36(30-9-2-4-21-39-30)43-35(27)29-8-1-3-20-38-29/h1-21H. The Hall–Kier alpha value is -5.95. The first-order chi connectivity index (χ1) is 21.2. The van der Waals surface area contributed by atoms with Gasteiger partial charge in [0.15, 0.2) is 5.82 Å². The number of para-hydroxylation sites is 1. The third-order valence-corrected chi connectivity index (χ3v) is 7.51. The van der Waals surface area contributed by atoms with E-state index in [0.717, 1.165) is 55.4 Å². The number of hydrogen-bond donors (Lipinski definition) is 0. The van der Waals surface area contributed by atoms with Crippen LogP contribution in [-0.4, -0.2) is 29.9 Å². The number of rotatable bonds is 4. The summed E-state index contributed by atoms with van der Waals surface area (Å²) in [5.74, 6) is 0.0170. The van der Waals surface area contributed by atoms with Crippen LogP contribution < -0.4 is 0 Å². The van der Waals surface area contributed by atoms with Crippen molar-refractivity contribution in [2.75, 3.05) is 0 Å². The van der Waals surface area contributed by atoms with E-state index in [-0.39, 0.29) is 0 Å². The van der Waals surface area contributed by atoms with E-state index in [1.54, 1.807) is 18.5 Å². The monoisotopic (exact) mass is 556 g/mol. The molecule has 7 heteroatoms. The molecule has 0 aliphatic heterocycles. The van der Waals surface area contributed by atoms with Gasteiger partial charge in [-0.25, -0.2) is 19.9 Å². The molecule has 0 spiro atoms. The van der Waals surface area contributed by atoms with E-state index in [9.17, 15) is 4.39 Å². The van der Waals surface area contributed by atoms with Gasteiger partial charge in [-0.2, -0.15) is 4.39 Å². The second-order valence-corrected chi connectivity index (χ2v) is 10.1. The molecule has 0 saturated heterocycles. The van der Waals surface area contributed by atoms with E-state index < -0.39 is 5.95 Å². The Labute approximate surface area is 245 Å². The van der Waals surface area contributed by atoms with Gasteiger partial charge in [0.25, 0.3) is 0 Å². The highest BCUT2D eigenvalue weighted by molar-refractivity contribution is 6.04. The molecule has 6 nitrogen and oxygen atoms in total. The number of aromatic nitrogens is 6. The smallest absolute Gasteiger partial charge is 0.213 e. The second kappa shape index (κ2) is 10.2. The van der Waals surface area contributed by atoms with E-state index >= 15 is 0 Å². The molecule has 5 heterocycles. The van der Waals surface area contributed by atoms with Gasteiger partial charge in [-0.3, -0.25) is 9.97 Å². The fourth-order valence-corrected chi connectivity index (χ4v) is 5.42. The minimum atomic E-state index is -0.521. The van der Waals surface area contributed by atoms with Crippen molar-refractivity contribution in [2.45, 2.75) is 0 Å². The lowest BCUT2D eigenvalue weighted by Gasteiger charge is -2.12. The number of hydrogen-bond acceptors (Lipinski definition) is 6. The van der Waals surface area contributed by atoms with Gasteiger partial charge in [0.1, 0.15) is 11.4 Å². The number of nitrogens with zero attached hydrogens (tertiary/aromatic N) is 6. The van der Waals surface area contributed by atoms with Crippen LogP contribution in [0.25, 0.3) is 78.0 Å². The van der Waals surface area contributed by atoms with Crippen molar-refractivity contribution in [3.8, 4) is 45.3 Å². The molecule has 3 aromatic carbocycles. The summed E-state index contributed by atoms with van der Waals surface area (Å²) in [5.41, 5.74) is 7.95. The maximum absolute atomic E-state index is 14.0. The van der Waals surface area contributed by atoms with Crippen LogP contribution in [-0.2, 0) is 0 Å². The number of fused-ring (bicyclic) bond motifs is 4. The van der Waals surface area contributed by atoms with Gasteiger partial charge in [0, 0.05) is 39.7 Å². The zero-order chi connectivity index (χ0) is 28.8. The average Bonchev–Trinajstić information content (AvgIpc) is 3.08. The van der Waals surface area contributed by atoms with Crippen LogP contribution >= 0.6 is 0 Å². The van der Waals surface area contributed by atoms with E-state index in [1.807, 2.05) is 84.9 Å². The Morgan fingerprint density at radius 2 is 1.12 bits per heavy atom. The Bertz CT molecular complexity index is 2290. The normalized spacial score (nSPS) is 11.4. The first-order valence-electron chi connectivity index (χ1n) is 13.8. The maximum Gasteiger partial charge on any atom is 0.213 e. The number of pyridine rings is 4. The molecular weight excluding hydrogens is 535 g/mol. The van der Waals surface area contributed by atoms with Crippen LogP contribution in [0, 0.1) is 5.95 Å². The summed E-state index contributed by atoms with van der Waals surface area (Å²) in [4.78, 5) is 28.0. The largest absolute Gasteiger partial charge is 0.255 e. The molecule has 8 aromatic rings. The first kappa shape index (κ1) is 24.8. The third-order valence-electron chi connectivity index (χ3n) is 7.51. The minimum absolute atomic E-state index is 0.521. The first-order valence-corrected chi connectivity index (χ1v) is 13.8. The van der Waals surface area contributed by atoms with Gasteiger partial charge in [0.2, 0.25) is 5.95 Å². The van der Waals surface area contributed by atoms with E-state index in [2.05, 4.69) is 33.2 Å². The van der Waals surface area contributed by atoms with Gasteiger partial charge in [-0.15, -0.1) is 0 Å². The molecule has 0 N–H and O–H groups in total. The molecule has 0 radical (unpaired) electrons. The van der Waals surface area contributed by atoms with Crippen molar-refractivity contribution < 1.29 is 4.39 Å². The molecule has 0 unspecified atom stereocenters. The zero-order valence-electron chi connectivity index (χ0n) is 22.7. The van der Waals surface area contributed by atoms with Gasteiger partial charge >= 0.3 is 0 Å². The van der Waals surface area contributed by atoms with Crippen molar-refractivity contribution in [2.24, 2.45) is 0 Å². The van der Waals surface area contributed by atoms with E-state index in [4.69, 9.17) is 15.0 Å². The lowest BCUT2D eigenvalue weighted by Crippen LogP contribution is -1.98. The van der Waals surface area contributed by atoms with Gasteiger partial charge in [0.05, 0.1) is 27.9 Å². The highest BCUT2D eigenvalue weighted by Crippen LogP contribution is 2.35. The van der Waals surface area contributed by atoms with Crippen LogP contribution in [0.3, 0.4) is 0 Å². The van der Waals surface area contributed by atoms with E-state index in [0.29, 0.717) is 22.6 Å². The SMILES string of the molecule is Fc1ccc2ccc3ccc(-c4ccc(-c5cccc6c(-c7ccccn7)nc(-c7ccccn7)nc56)cc4)nc3c2n1. The van der Waals surface area contributed by atoms with Crippen LogP contribution in [0.4, 0.5) is 4.39 Å². The molecule has 5 aromatic heterocycles. The number of halogens is 1. The van der Waals surface area contributed by atoms with Crippen molar-refractivity contribution in [3.63, 3.8) is 0 Å². The molecule has 0 saturated carbocycles. The summed E-state index contributed by atoms with van der Waals surface area (Å²) >= 11 is 0. The van der Waals surface area contributed by atoms with E-state index in [1.165, 1.54) is 6.07 Å². The minimum Gasteiger partial charge on any atom is -0.255 e. The van der Waals surface area contributed by atoms with Crippen LogP contribution in [0.1, 0.15) is 0 Å². The highest BCUT2D eigenvalue weighted by Gasteiger charge is 2.16. The van der Waals surface area contributed by atoms with Gasteiger partial charge < -0.3 is 0 Å². The molecule has 0 atom stereocenters. The molecule has 0 aliphatic rings. The summed E-state index contributed by atoms with van der Waals surface area (Å²) in [5, 5.41) is 2.67. The van der Waals surface area contributed by atoms with Gasteiger partial charge in [-0.1, -0.05) is 72.8 Å². The summed E-state index contributed by atoms with van der Waals surface area (Å²) in [7, 11) is 0. The van der Waals surface area contributed by atoms with Crippen LogP contribution in [0.5, 0.6) is 0 Å². The second-order valence-electron chi connectivity index (χ2n) is 10.1. The summed E-state index contributed by atoms with van der Waals surface area (Å²) in [6, 6.07) is 36.8. The lowest BCUT2D eigenvalue weighted by molar-refractivity contribution is 0.589. The summed E-state index contributed by atoms with van der Waals surface area (Å²) < 4.78 is 14.0. The van der Waals surface area contributed by atoms with Gasteiger partial charge in [-0.05, 0) is 48.0 Å². The van der Waals surface area contributed by atoms with Crippen LogP contribution in [0.2, 0.25) is 0 Å². The molecule has 0 aliphatic carbocycles. The molecular formula is C36H21FN6. The average molecular weight is 557 g/mol. The predicted octanol–water partition coefficient (Wildman–Crippen LogP) is 8.32. The molecule has 43 heavy (non-hydrogen) atoms. The molecule has 0 fully saturated rings. The Balaban J connectivity index is 1.26. The summed E-state index contributed by atoms with van der Waals surface area (Å²) in [6.45, 7) is 0. The third kappa shape index (κ3) is 4.44. The predicted molar refractivity (Wildman–Crippen MR) is 167 cm³/mol.